The fraction of sp³-hybridized carbons (Fsp3) is 0.333. The van der Waals surface area contributed by atoms with Crippen LogP contribution in [0.25, 0.3) is 11.3 Å². The van der Waals surface area contributed by atoms with Gasteiger partial charge in [-0.1, -0.05) is 26.0 Å². The molecule has 1 N–H and O–H groups in total. The first kappa shape index (κ1) is 26.8. The van der Waals surface area contributed by atoms with Crippen LogP contribution in [0.3, 0.4) is 0 Å². The van der Waals surface area contributed by atoms with Crippen molar-refractivity contribution in [1.29, 1.82) is 0 Å². The highest BCUT2D eigenvalue weighted by Crippen LogP contribution is 2.46. The highest BCUT2D eigenvalue weighted by atomic mass is 32.1. The maximum Gasteiger partial charge on any atom is 0.302 e. The predicted octanol–water partition coefficient (Wildman–Crippen LogP) is 4.43. The van der Waals surface area contributed by atoms with E-state index in [2.05, 4.69) is 34.2 Å². The van der Waals surface area contributed by atoms with Gasteiger partial charge in [-0.25, -0.2) is 14.6 Å². The molecule has 0 saturated carbocycles. The third-order valence-corrected chi connectivity index (χ3v) is 8.83. The number of ether oxygens (including phenoxy) is 1. The highest BCUT2D eigenvalue weighted by molar-refractivity contribution is 7.14. The van der Waals surface area contributed by atoms with Crippen molar-refractivity contribution in [3.63, 3.8) is 0 Å². The molecule has 1 amide bonds. The molecule has 0 unspecified atom stereocenters. The molecule has 4 aromatic rings. The van der Waals surface area contributed by atoms with Gasteiger partial charge in [0.15, 0.2) is 0 Å². The summed E-state index contributed by atoms with van der Waals surface area (Å²) in [5.74, 6) is -0.0110. The smallest absolute Gasteiger partial charge is 0.302 e. The molecule has 0 fully saturated rings. The molecule has 210 valence electrons. The molecule has 0 bridgehead atoms. The molecule has 11 heteroatoms. The zero-order chi connectivity index (χ0) is 28.9. The van der Waals surface area contributed by atoms with Crippen LogP contribution in [-0.2, 0) is 42.4 Å². The van der Waals surface area contributed by atoms with Crippen molar-refractivity contribution < 1.29 is 14.3 Å². The molecule has 3 aromatic heterocycles. The van der Waals surface area contributed by atoms with Crippen LogP contribution in [0.4, 0.5) is 17.2 Å². The van der Waals surface area contributed by atoms with E-state index in [1.165, 1.54) is 33.9 Å². The molecule has 1 aliphatic heterocycles. The average Bonchev–Trinajstić information content (AvgIpc) is 3.43. The number of aryl methyl sites for hydroxylation is 1. The standard InChI is InChI=1S/C30H30N6O4S/c1-17(37)40-15-21-18(22-12-23(28(38)35(4)34-22)33-26-8-10-31-16-32-26)6-5-7-24(21)36-11-9-19-20-13-30(2,3)14-25(20)41-27(19)29(36)39/h5-8,10,12,16H,9,11,13-15H2,1-4H3,(H,31,32,33). The second-order valence-electron chi connectivity index (χ2n) is 11.2. The maximum absolute atomic E-state index is 13.9. The summed E-state index contributed by atoms with van der Waals surface area (Å²) in [5.41, 5.74) is 5.15. The molecule has 41 heavy (non-hydrogen) atoms. The molecular formula is C30H30N6O4S. The summed E-state index contributed by atoms with van der Waals surface area (Å²) in [5, 5.41) is 7.55. The summed E-state index contributed by atoms with van der Waals surface area (Å²) in [4.78, 5) is 50.7. The van der Waals surface area contributed by atoms with E-state index in [1.807, 2.05) is 18.2 Å². The third kappa shape index (κ3) is 5.01. The Morgan fingerprint density at radius 3 is 2.76 bits per heavy atom. The molecule has 0 saturated heterocycles. The number of hydrogen-bond acceptors (Lipinski definition) is 9. The van der Waals surface area contributed by atoms with Crippen LogP contribution in [-0.4, -0.2) is 38.2 Å². The van der Waals surface area contributed by atoms with E-state index in [1.54, 1.807) is 41.6 Å². The average molecular weight is 571 g/mol. The fourth-order valence-electron chi connectivity index (χ4n) is 5.72. The molecule has 2 aliphatic rings. The third-order valence-electron chi connectivity index (χ3n) is 7.57. The largest absolute Gasteiger partial charge is 0.461 e. The number of benzene rings is 1. The first-order valence-electron chi connectivity index (χ1n) is 13.4. The quantitative estimate of drug-likeness (QED) is 0.338. The Labute approximate surface area is 241 Å². The monoisotopic (exact) mass is 570 g/mol. The number of aromatic nitrogens is 4. The highest BCUT2D eigenvalue weighted by Gasteiger charge is 2.38. The Morgan fingerprint density at radius 1 is 1.17 bits per heavy atom. The minimum atomic E-state index is -0.435. The lowest BCUT2D eigenvalue weighted by molar-refractivity contribution is -0.142. The zero-order valence-corrected chi connectivity index (χ0v) is 24.2. The second kappa shape index (κ2) is 10.2. The number of nitrogens with zero attached hydrogens (tertiary/aromatic N) is 5. The summed E-state index contributed by atoms with van der Waals surface area (Å²) in [7, 11) is 1.57. The second-order valence-corrected chi connectivity index (χ2v) is 12.3. The van der Waals surface area contributed by atoms with E-state index in [0.717, 1.165) is 24.1 Å². The van der Waals surface area contributed by atoms with Gasteiger partial charge in [0.1, 0.15) is 24.4 Å². The predicted molar refractivity (Wildman–Crippen MR) is 157 cm³/mol. The van der Waals surface area contributed by atoms with Crippen molar-refractivity contribution in [3.05, 3.63) is 79.7 Å². The lowest BCUT2D eigenvalue weighted by atomic mass is 9.89. The van der Waals surface area contributed by atoms with Gasteiger partial charge in [-0.2, -0.15) is 5.10 Å². The van der Waals surface area contributed by atoms with Crippen LogP contribution in [0.1, 0.15) is 52.0 Å². The van der Waals surface area contributed by atoms with E-state index in [0.29, 0.717) is 34.9 Å². The minimum absolute atomic E-state index is 0.0378. The van der Waals surface area contributed by atoms with Crippen LogP contribution < -0.4 is 15.8 Å². The number of nitrogens with one attached hydrogen (secondary N) is 1. The number of rotatable bonds is 6. The molecule has 1 aliphatic carbocycles. The minimum Gasteiger partial charge on any atom is -0.461 e. The van der Waals surface area contributed by atoms with Crippen molar-refractivity contribution in [2.24, 2.45) is 12.5 Å². The number of carbonyl (C=O) groups excluding carboxylic acids is 2. The van der Waals surface area contributed by atoms with Gasteiger partial charge < -0.3 is 15.0 Å². The molecule has 4 heterocycles. The lowest BCUT2D eigenvalue weighted by Gasteiger charge is -2.30. The van der Waals surface area contributed by atoms with Gasteiger partial charge in [0, 0.05) is 42.7 Å². The molecule has 10 nitrogen and oxygen atoms in total. The summed E-state index contributed by atoms with van der Waals surface area (Å²) >= 11 is 1.62. The SMILES string of the molecule is CC(=O)OCc1c(-c2cc(Nc3ccncn3)c(=O)n(C)n2)cccc1N1CCc2c(sc3c2CC(C)(C)C3)C1=O. The van der Waals surface area contributed by atoms with Crippen LogP contribution in [0.2, 0.25) is 0 Å². The van der Waals surface area contributed by atoms with E-state index < -0.39 is 5.97 Å². The lowest BCUT2D eigenvalue weighted by Crippen LogP contribution is -2.38. The summed E-state index contributed by atoms with van der Waals surface area (Å²) < 4.78 is 6.72. The number of hydrogen-bond donors (Lipinski definition) is 1. The van der Waals surface area contributed by atoms with Crippen LogP contribution in [0, 0.1) is 5.41 Å². The first-order valence-corrected chi connectivity index (χ1v) is 14.3. The Bertz CT molecular complexity index is 1740. The molecule has 1 aromatic carbocycles. The van der Waals surface area contributed by atoms with Crippen LogP contribution in [0.15, 0.2) is 47.7 Å². The first-order chi connectivity index (χ1) is 19.6. The summed E-state index contributed by atoms with van der Waals surface area (Å²) in [6.07, 6.45) is 5.72. The molecule has 6 rings (SSSR count). The van der Waals surface area contributed by atoms with Gasteiger partial charge in [-0.15, -0.1) is 11.3 Å². The van der Waals surface area contributed by atoms with Crippen LogP contribution in [0.5, 0.6) is 0 Å². The number of amides is 1. The molecular weight excluding hydrogens is 540 g/mol. The zero-order valence-electron chi connectivity index (χ0n) is 23.4. The number of anilines is 3. The van der Waals surface area contributed by atoms with Crippen molar-refractivity contribution in [2.75, 3.05) is 16.8 Å². The van der Waals surface area contributed by atoms with Gasteiger partial charge in [0.2, 0.25) is 0 Å². The Kier molecular flexibility index (Phi) is 6.69. The molecule has 0 atom stereocenters. The number of esters is 1. The fourth-order valence-corrected chi connectivity index (χ4v) is 7.29. The molecule has 0 radical (unpaired) electrons. The number of carbonyl (C=O) groups is 2. The van der Waals surface area contributed by atoms with E-state index in [9.17, 15) is 14.4 Å². The van der Waals surface area contributed by atoms with Crippen molar-refractivity contribution in [1.82, 2.24) is 19.7 Å². The van der Waals surface area contributed by atoms with Crippen LogP contribution >= 0.6 is 11.3 Å². The van der Waals surface area contributed by atoms with Crippen molar-refractivity contribution in [2.45, 2.75) is 46.6 Å². The Morgan fingerprint density at radius 2 is 2.00 bits per heavy atom. The number of thiophene rings is 1. The maximum atomic E-state index is 13.9. The van der Waals surface area contributed by atoms with Gasteiger partial charge >= 0.3 is 5.97 Å². The van der Waals surface area contributed by atoms with E-state index in [-0.39, 0.29) is 29.2 Å². The Balaban J connectivity index is 1.42. The molecule has 0 spiro atoms. The van der Waals surface area contributed by atoms with Crippen molar-refractivity contribution in [3.8, 4) is 11.3 Å². The summed E-state index contributed by atoms with van der Waals surface area (Å²) in [6, 6.07) is 8.88. The normalized spacial score (nSPS) is 15.4. The van der Waals surface area contributed by atoms with Gasteiger partial charge in [0.05, 0.1) is 16.3 Å². The van der Waals surface area contributed by atoms with E-state index in [4.69, 9.17) is 4.74 Å². The summed E-state index contributed by atoms with van der Waals surface area (Å²) in [6.45, 7) is 6.37. The van der Waals surface area contributed by atoms with Crippen molar-refractivity contribution >= 4 is 40.4 Å². The number of fused-ring (bicyclic) bond motifs is 3. The Hall–Kier alpha value is -4.38. The van der Waals surface area contributed by atoms with E-state index >= 15 is 0 Å². The topological polar surface area (TPSA) is 119 Å². The van der Waals surface area contributed by atoms with Gasteiger partial charge in [-0.05, 0) is 54.0 Å². The van der Waals surface area contributed by atoms with Gasteiger partial charge in [0.25, 0.3) is 11.5 Å². The van der Waals surface area contributed by atoms with Gasteiger partial charge in [-0.3, -0.25) is 14.4 Å².